The number of hydrogen-bond donors (Lipinski definition) is 5. The number of rotatable bonds is 6. The largest absolute Gasteiger partial charge is 0.370 e. The third-order valence-electron chi connectivity index (χ3n) is 6.61. The SMILES string of the molecule is N=C(N)NCCCn1c2ccc(C3=CCNCC3)cc2c2cc(C3=CCNCC3)ccc21. The Morgan fingerprint density at radius 2 is 1.47 bits per heavy atom. The Bertz CT molecular complexity index is 1130. The average Bonchev–Trinajstić information content (AvgIpc) is 3.15. The summed E-state index contributed by atoms with van der Waals surface area (Å²) in [5.74, 6) is 0.0343. The number of benzene rings is 2. The lowest BCUT2D eigenvalue weighted by Crippen LogP contribution is -2.31. The van der Waals surface area contributed by atoms with Gasteiger partial charge in [0, 0.05) is 48.0 Å². The predicted octanol–water partition coefficient (Wildman–Crippen LogP) is 3.42. The van der Waals surface area contributed by atoms with Gasteiger partial charge in [-0.1, -0.05) is 24.3 Å². The van der Waals surface area contributed by atoms with Crippen LogP contribution < -0.4 is 21.7 Å². The van der Waals surface area contributed by atoms with Crippen molar-refractivity contribution in [2.24, 2.45) is 5.73 Å². The first-order chi connectivity index (χ1) is 15.7. The van der Waals surface area contributed by atoms with Crippen molar-refractivity contribution in [2.45, 2.75) is 25.8 Å². The highest BCUT2D eigenvalue weighted by Crippen LogP contribution is 2.35. The molecule has 6 heteroatoms. The number of fused-ring (bicyclic) bond motifs is 3. The van der Waals surface area contributed by atoms with Gasteiger partial charge in [-0.2, -0.15) is 0 Å². The second-order valence-corrected chi connectivity index (χ2v) is 8.68. The molecule has 5 rings (SSSR count). The predicted molar refractivity (Wildman–Crippen MR) is 135 cm³/mol. The highest BCUT2D eigenvalue weighted by atomic mass is 15.0. The van der Waals surface area contributed by atoms with E-state index in [1.54, 1.807) is 0 Å². The standard InChI is InChI=1S/C26H32N6/c27-26(28)31-10-1-15-32-24-4-2-20(18-6-11-29-12-7-18)16-22(24)23-17-21(3-5-25(23)32)19-8-13-30-14-9-19/h2-6,8,16-17,29-30H,1,7,9-15H2,(H4,27,28,31). The Labute approximate surface area is 189 Å². The van der Waals surface area contributed by atoms with Gasteiger partial charge in [0.2, 0.25) is 0 Å². The van der Waals surface area contributed by atoms with Crippen molar-refractivity contribution in [2.75, 3.05) is 32.7 Å². The van der Waals surface area contributed by atoms with Gasteiger partial charge in [-0.25, -0.2) is 0 Å². The molecule has 0 radical (unpaired) electrons. The molecule has 0 unspecified atom stereocenters. The lowest BCUT2D eigenvalue weighted by atomic mass is 9.96. The van der Waals surface area contributed by atoms with E-state index in [2.05, 4.69) is 69.1 Å². The average molecular weight is 429 g/mol. The molecule has 6 nitrogen and oxygen atoms in total. The number of nitrogens with two attached hydrogens (primary N) is 1. The van der Waals surface area contributed by atoms with Crippen LogP contribution in [0.15, 0.2) is 48.6 Å². The molecule has 0 amide bonds. The van der Waals surface area contributed by atoms with Crippen LogP contribution in [-0.4, -0.2) is 43.3 Å². The van der Waals surface area contributed by atoms with Gasteiger partial charge in [0.1, 0.15) is 0 Å². The molecule has 3 aromatic rings. The maximum absolute atomic E-state index is 7.39. The lowest BCUT2D eigenvalue weighted by Gasteiger charge is -2.15. The highest BCUT2D eigenvalue weighted by Gasteiger charge is 2.15. The third kappa shape index (κ3) is 4.16. The molecule has 0 aliphatic carbocycles. The first-order valence-electron chi connectivity index (χ1n) is 11.6. The molecule has 1 aromatic heterocycles. The zero-order chi connectivity index (χ0) is 21.9. The molecule has 0 fully saturated rings. The zero-order valence-electron chi connectivity index (χ0n) is 18.5. The van der Waals surface area contributed by atoms with Gasteiger partial charge in [0.05, 0.1) is 0 Å². The van der Waals surface area contributed by atoms with Crippen LogP contribution in [0.4, 0.5) is 0 Å². The number of aryl methyl sites for hydroxylation is 1. The molecule has 2 aliphatic rings. The Morgan fingerprint density at radius 3 is 1.94 bits per heavy atom. The Hall–Kier alpha value is -3.09. The molecule has 166 valence electrons. The van der Waals surface area contributed by atoms with Gasteiger partial charge in [0.25, 0.3) is 0 Å². The second-order valence-electron chi connectivity index (χ2n) is 8.68. The van der Waals surface area contributed by atoms with Crippen molar-refractivity contribution in [3.8, 4) is 0 Å². The zero-order valence-corrected chi connectivity index (χ0v) is 18.5. The number of aromatic nitrogens is 1. The summed E-state index contributed by atoms with van der Waals surface area (Å²) in [5.41, 5.74) is 13.6. The fraction of sp³-hybridized carbons (Fsp3) is 0.346. The van der Waals surface area contributed by atoms with E-state index < -0.39 is 0 Å². The summed E-state index contributed by atoms with van der Waals surface area (Å²) in [6.45, 7) is 5.57. The van der Waals surface area contributed by atoms with Crippen LogP contribution in [0.5, 0.6) is 0 Å². The lowest BCUT2D eigenvalue weighted by molar-refractivity contribution is 0.659. The maximum Gasteiger partial charge on any atom is 0.185 e. The molecule has 6 N–H and O–H groups in total. The molecule has 2 aromatic carbocycles. The summed E-state index contributed by atoms with van der Waals surface area (Å²) < 4.78 is 2.42. The number of guanidine groups is 1. The monoisotopic (exact) mass is 428 g/mol. The molecule has 0 spiro atoms. The Kier molecular flexibility index (Phi) is 5.97. The smallest absolute Gasteiger partial charge is 0.185 e. The Balaban J connectivity index is 1.59. The molecule has 2 aliphatic heterocycles. The molecule has 32 heavy (non-hydrogen) atoms. The van der Waals surface area contributed by atoms with E-state index in [1.165, 1.54) is 44.1 Å². The quantitative estimate of drug-likeness (QED) is 0.236. The van der Waals surface area contributed by atoms with E-state index in [9.17, 15) is 0 Å². The van der Waals surface area contributed by atoms with E-state index >= 15 is 0 Å². The van der Waals surface area contributed by atoms with Crippen molar-refractivity contribution >= 4 is 38.9 Å². The molecule has 3 heterocycles. The molecule has 0 saturated heterocycles. The van der Waals surface area contributed by atoms with Crippen molar-refractivity contribution < 1.29 is 0 Å². The summed E-state index contributed by atoms with van der Waals surface area (Å²) in [6.07, 6.45) is 7.71. The van der Waals surface area contributed by atoms with Gasteiger partial charge in [-0.05, 0) is 78.9 Å². The molecule has 0 bridgehead atoms. The minimum absolute atomic E-state index is 0.0343. The number of hydrogen-bond acceptors (Lipinski definition) is 3. The fourth-order valence-corrected chi connectivity index (χ4v) is 4.97. The Morgan fingerprint density at radius 1 is 0.906 bits per heavy atom. The van der Waals surface area contributed by atoms with Gasteiger partial charge in [-0.15, -0.1) is 0 Å². The summed E-state index contributed by atoms with van der Waals surface area (Å²) in [6, 6.07) is 13.9. The summed E-state index contributed by atoms with van der Waals surface area (Å²) in [5, 5.41) is 19.8. The minimum Gasteiger partial charge on any atom is -0.370 e. The number of nitrogens with zero attached hydrogens (tertiary/aromatic N) is 1. The van der Waals surface area contributed by atoms with Crippen LogP contribution in [0.25, 0.3) is 33.0 Å². The third-order valence-corrected chi connectivity index (χ3v) is 6.61. The normalized spacial score (nSPS) is 16.8. The minimum atomic E-state index is 0.0343. The molecular weight excluding hydrogens is 396 g/mol. The van der Waals surface area contributed by atoms with Gasteiger partial charge < -0.3 is 26.3 Å². The van der Waals surface area contributed by atoms with Gasteiger partial charge in [-0.3, -0.25) is 5.41 Å². The summed E-state index contributed by atoms with van der Waals surface area (Å²) in [4.78, 5) is 0. The first kappa shape index (κ1) is 20.8. The summed E-state index contributed by atoms with van der Waals surface area (Å²) >= 11 is 0. The molecular formula is C26H32N6. The molecule has 0 saturated carbocycles. The van der Waals surface area contributed by atoms with Crippen molar-refractivity contribution in [1.82, 2.24) is 20.5 Å². The summed E-state index contributed by atoms with van der Waals surface area (Å²) in [7, 11) is 0. The van der Waals surface area contributed by atoms with Crippen LogP contribution in [-0.2, 0) is 6.54 Å². The van der Waals surface area contributed by atoms with E-state index in [4.69, 9.17) is 11.1 Å². The molecule has 0 atom stereocenters. The maximum atomic E-state index is 7.39. The number of nitrogens with one attached hydrogen (secondary N) is 4. The highest BCUT2D eigenvalue weighted by molar-refractivity contribution is 6.09. The van der Waals surface area contributed by atoms with Crippen molar-refractivity contribution in [3.05, 3.63) is 59.7 Å². The van der Waals surface area contributed by atoms with Gasteiger partial charge >= 0.3 is 0 Å². The van der Waals surface area contributed by atoms with Gasteiger partial charge in [0.15, 0.2) is 5.96 Å². The van der Waals surface area contributed by atoms with E-state index in [-0.39, 0.29) is 5.96 Å². The van der Waals surface area contributed by atoms with Crippen molar-refractivity contribution in [3.63, 3.8) is 0 Å². The first-order valence-corrected chi connectivity index (χ1v) is 11.6. The van der Waals surface area contributed by atoms with Crippen LogP contribution >= 0.6 is 0 Å². The second kappa shape index (κ2) is 9.18. The topological polar surface area (TPSA) is 90.9 Å². The van der Waals surface area contributed by atoms with Crippen molar-refractivity contribution in [1.29, 1.82) is 5.41 Å². The van der Waals surface area contributed by atoms with Crippen LogP contribution in [0.1, 0.15) is 30.4 Å². The van der Waals surface area contributed by atoms with Crippen LogP contribution in [0, 0.1) is 5.41 Å². The fourth-order valence-electron chi connectivity index (χ4n) is 4.97. The van der Waals surface area contributed by atoms with Crippen LogP contribution in [0.2, 0.25) is 0 Å². The van der Waals surface area contributed by atoms with E-state index in [0.717, 1.165) is 52.0 Å². The van der Waals surface area contributed by atoms with Crippen LogP contribution in [0.3, 0.4) is 0 Å². The van der Waals surface area contributed by atoms with E-state index in [1.807, 2.05) is 0 Å². The van der Waals surface area contributed by atoms with E-state index in [0.29, 0.717) is 6.54 Å².